The van der Waals surface area contributed by atoms with Crippen molar-refractivity contribution in [1.29, 1.82) is 0 Å². The average Bonchev–Trinajstić information content (AvgIpc) is 2.79. The van der Waals surface area contributed by atoms with Crippen LogP contribution in [-0.2, 0) is 5.41 Å². The molecule has 0 aliphatic heterocycles. The van der Waals surface area contributed by atoms with Crippen LogP contribution in [0.4, 0.5) is 5.69 Å². The van der Waals surface area contributed by atoms with Gasteiger partial charge in [0.1, 0.15) is 0 Å². The fraction of sp³-hybridized carbons (Fsp3) is 0.250. The number of nitrogens with one attached hydrogen (secondary N) is 2. The first-order valence-corrected chi connectivity index (χ1v) is 11.1. The van der Waals surface area contributed by atoms with Crippen LogP contribution in [0.5, 0.6) is 0 Å². The number of carbonyl (C=O) groups is 2. The summed E-state index contributed by atoms with van der Waals surface area (Å²) in [7, 11) is 0. The molecule has 0 heterocycles. The van der Waals surface area contributed by atoms with E-state index in [9.17, 15) is 9.59 Å². The van der Waals surface area contributed by atoms with E-state index in [0.29, 0.717) is 16.8 Å². The number of hydrogen-bond acceptors (Lipinski definition) is 3. The molecule has 0 atom stereocenters. The number of anilines is 1. The molecule has 0 unspecified atom stereocenters. The fourth-order valence-corrected chi connectivity index (χ4v) is 3.34. The van der Waals surface area contributed by atoms with Gasteiger partial charge in [0.25, 0.3) is 11.8 Å². The molecule has 3 aromatic rings. The van der Waals surface area contributed by atoms with E-state index in [-0.39, 0.29) is 23.1 Å². The first-order chi connectivity index (χ1) is 15.6. The molecule has 0 fully saturated rings. The van der Waals surface area contributed by atoms with Crippen LogP contribution < -0.4 is 10.7 Å². The Morgan fingerprint density at radius 2 is 1.27 bits per heavy atom. The van der Waals surface area contributed by atoms with E-state index < -0.39 is 0 Å². The highest BCUT2D eigenvalue weighted by Crippen LogP contribution is 2.22. The summed E-state index contributed by atoms with van der Waals surface area (Å²) >= 11 is 0. The van der Waals surface area contributed by atoms with E-state index in [1.54, 1.807) is 24.3 Å². The smallest absolute Gasteiger partial charge is 0.271 e. The Hall–Kier alpha value is -3.73. The summed E-state index contributed by atoms with van der Waals surface area (Å²) in [6.07, 6.45) is 0. The molecule has 3 aromatic carbocycles. The highest BCUT2D eigenvalue weighted by atomic mass is 16.2. The molecular weight excluding hydrogens is 410 g/mol. The number of rotatable bonds is 6. The van der Waals surface area contributed by atoms with Gasteiger partial charge in [-0.2, -0.15) is 5.10 Å². The Kier molecular flexibility index (Phi) is 7.44. The van der Waals surface area contributed by atoms with Crippen LogP contribution in [0.1, 0.15) is 66.5 Å². The molecule has 5 heteroatoms. The zero-order valence-corrected chi connectivity index (χ0v) is 19.8. The minimum atomic E-state index is -0.306. The molecule has 2 N–H and O–H groups in total. The molecular formula is C28H31N3O2. The van der Waals surface area contributed by atoms with E-state index >= 15 is 0 Å². The molecule has 33 heavy (non-hydrogen) atoms. The zero-order valence-electron chi connectivity index (χ0n) is 19.8. The van der Waals surface area contributed by atoms with E-state index in [4.69, 9.17) is 0 Å². The average molecular weight is 442 g/mol. The normalized spacial score (nSPS) is 11.9. The van der Waals surface area contributed by atoms with Crippen LogP contribution in [0.3, 0.4) is 0 Å². The zero-order chi connectivity index (χ0) is 24.0. The lowest BCUT2D eigenvalue weighted by Gasteiger charge is -2.19. The van der Waals surface area contributed by atoms with Gasteiger partial charge in [-0.05, 0) is 58.9 Å². The molecule has 0 radical (unpaired) electrons. The van der Waals surface area contributed by atoms with Crippen molar-refractivity contribution in [1.82, 2.24) is 5.43 Å². The van der Waals surface area contributed by atoms with Crippen molar-refractivity contribution in [3.63, 3.8) is 0 Å². The first kappa shape index (κ1) is 23.9. The maximum atomic E-state index is 12.6. The Morgan fingerprint density at radius 3 is 1.82 bits per heavy atom. The molecule has 0 aliphatic rings. The second-order valence-electron chi connectivity index (χ2n) is 9.32. The number of hydrogen-bond donors (Lipinski definition) is 2. The lowest BCUT2D eigenvalue weighted by atomic mass is 9.87. The van der Waals surface area contributed by atoms with Crippen LogP contribution >= 0.6 is 0 Å². The largest absolute Gasteiger partial charge is 0.322 e. The summed E-state index contributed by atoms with van der Waals surface area (Å²) in [5.41, 5.74) is 7.30. The van der Waals surface area contributed by atoms with E-state index in [0.717, 1.165) is 11.3 Å². The highest BCUT2D eigenvalue weighted by Gasteiger charge is 2.15. The maximum Gasteiger partial charge on any atom is 0.271 e. The van der Waals surface area contributed by atoms with Gasteiger partial charge in [-0.25, -0.2) is 5.43 Å². The predicted molar refractivity (Wildman–Crippen MR) is 135 cm³/mol. The number of nitrogens with zero attached hydrogens (tertiary/aromatic N) is 1. The van der Waals surface area contributed by atoms with Crippen molar-refractivity contribution < 1.29 is 9.59 Å². The van der Waals surface area contributed by atoms with Gasteiger partial charge in [-0.3, -0.25) is 9.59 Å². The first-order valence-electron chi connectivity index (χ1n) is 11.1. The highest BCUT2D eigenvalue weighted by molar-refractivity contribution is 6.05. The maximum absolute atomic E-state index is 12.6. The third-order valence-corrected chi connectivity index (χ3v) is 5.31. The summed E-state index contributed by atoms with van der Waals surface area (Å²) in [6.45, 7) is 10.5. The number of carbonyl (C=O) groups excluding carboxylic acids is 2. The fourth-order valence-electron chi connectivity index (χ4n) is 3.34. The summed E-state index contributed by atoms with van der Waals surface area (Å²) < 4.78 is 0. The number of benzene rings is 3. The van der Waals surface area contributed by atoms with Gasteiger partial charge < -0.3 is 5.32 Å². The topological polar surface area (TPSA) is 70.6 Å². The van der Waals surface area contributed by atoms with Crippen molar-refractivity contribution in [3.8, 4) is 0 Å². The quantitative estimate of drug-likeness (QED) is 0.362. The van der Waals surface area contributed by atoms with E-state index in [1.165, 1.54) is 5.56 Å². The molecule has 0 aliphatic carbocycles. The summed E-state index contributed by atoms with van der Waals surface area (Å²) in [5.74, 6) is -0.343. The Labute approximate surface area is 195 Å². The molecule has 0 bridgehead atoms. The van der Waals surface area contributed by atoms with Crippen molar-refractivity contribution in [2.75, 3.05) is 5.32 Å². The van der Waals surface area contributed by atoms with E-state index in [1.807, 2.05) is 68.4 Å². The summed E-state index contributed by atoms with van der Waals surface area (Å²) in [5, 5.41) is 7.22. The molecule has 5 nitrogen and oxygen atoms in total. The molecule has 3 rings (SSSR count). The second kappa shape index (κ2) is 10.3. The van der Waals surface area contributed by atoms with Crippen LogP contribution in [0.2, 0.25) is 0 Å². The SMILES string of the molecule is CC(C)C(=NNC(=O)c1ccc(NC(=O)c2ccc(C(C)(C)C)cc2)cc1)c1ccccc1. The Bertz CT molecular complexity index is 1120. The van der Waals surface area contributed by atoms with Gasteiger partial charge in [0.15, 0.2) is 0 Å². The van der Waals surface area contributed by atoms with Crippen molar-refractivity contribution in [2.45, 2.75) is 40.0 Å². The Balaban J connectivity index is 1.64. The molecule has 0 saturated heterocycles. The minimum Gasteiger partial charge on any atom is -0.322 e. The van der Waals surface area contributed by atoms with Gasteiger partial charge in [0.05, 0.1) is 5.71 Å². The lowest BCUT2D eigenvalue weighted by Crippen LogP contribution is -2.22. The van der Waals surface area contributed by atoms with Crippen LogP contribution in [0.15, 0.2) is 84.0 Å². The third-order valence-electron chi connectivity index (χ3n) is 5.31. The molecule has 170 valence electrons. The van der Waals surface area contributed by atoms with Gasteiger partial charge in [0, 0.05) is 16.8 Å². The van der Waals surface area contributed by atoms with Crippen LogP contribution in [0.25, 0.3) is 0 Å². The van der Waals surface area contributed by atoms with E-state index in [2.05, 4.69) is 36.6 Å². The van der Waals surface area contributed by atoms with Crippen LogP contribution in [-0.4, -0.2) is 17.5 Å². The van der Waals surface area contributed by atoms with Gasteiger partial charge in [-0.1, -0.05) is 77.1 Å². The lowest BCUT2D eigenvalue weighted by molar-refractivity contribution is 0.0954. The van der Waals surface area contributed by atoms with Gasteiger partial charge >= 0.3 is 0 Å². The predicted octanol–water partition coefficient (Wildman–Crippen LogP) is 6.03. The second-order valence-corrected chi connectivity index (χ2v) is 9.32. The molecule has 2 amide bonds. The summed E-state index contributed by atoms with van der Waals surface area (Å²) in [6, 6.07) is 24.1. The van der Waals surface area contributed by atoms with Gasteiger partial charge in [-0.15, -0.1) is 0 Å². The standard InChI is InChI=1S/C28H31N3O2/c1-19(2)25(20-9-7-6-8-10-20)30-31-27(33)22-13-17-24(18-14-22)29-26(32)21-11-15-23(16-12-21)28(3,4)5/h6-19H,1-5H3,(H,29,32)(H,31,33). The monoisotopic (exact) mass is 441 g/mol. The minimum absolute atomic E-state index is 0.0342. The number of amides is 2. The van der Waals surface area contributed by atoms with Crippen molar-refractivity contribution in [3.05, 3.63) is 101 Å². The van der Waals surface area contributed by atoms with Crippen molar-refractivity contribution in [2.24, 2.45) is 11.0 Å². The van der Waals surface area contributed by atoms with Crippen molar-refractivity contribution >= 4 is 23.2 Å². The third kappa shape index (κ3) is 6.39. The molecule has 0 aromatic heterocycles. The van der Waals surface area contributed by atoms with Crippen LogP contribution in [0, 0.1) is 5.92 Å². The Morgan fingerprint density at radius 1 is 0.727 bits per heavy atom. The molecule has 0 spiro atoms. The van der Waals surface area contributed by atoms with Gasteiger partial charge in [0.2, 0.25) is 0 Å². The summed E-state index contributed by atoms with van der Waals surface area (Å²) in [4.78, 5) is 25.1. The number of hydrazone groups is 1. The molecule has 0 saturated carbocycles.